The van der Waals surface area contributed by atoms with Crippen LogP contribution in [0.4, 0.5) is 0 Å². The minimum atomic E-state index is 0.510. The van der Waals surface area contributed by atoms with Gasteiger partial charge >= 0.3 is 0 Å². The van der Waals surface area contributed by atoms with Gasteiger partial charge in [0, 0.05) is 19.3 Å². The number of guanidine groups is 1. The zero-order valence-corrected chi connectivity index (χ0v) is 14.6. The van der Waals surface area contributed by atoms with Gasteiger partial charge in [-0.15, -0.1) is 0 Å². The maximum absolute atomic E-state index is 5.78. The minimum Gasteiger partial charge on any atom is -0.492 e. The highest BCUT2D eigenvalue weighted by Crippen LogP contribution is 2.07. The van der Waals surface area contributed by atoms with Crippen molar-refractivity contribution in [1.29, 1.82) is 0 Å². The van der Waals surface area contributed by atoms with Gasteiger partial charge in [-0.2, -0.15) is 0 Å². The van der Waals surface area contributed by atoms with E-state index in [0.29, 0.717) is 24.8 Å². The maximum atomic E-state index is 5.78. The van der Waals surface area contributed by atoms with Crippen molar-refractivity contribution in [2.75, 3.05) is 26.2 Å². The Kier molecular flexibility index (Phi) is 7.90. The van der Waals surface area contributed by atoms with Crippen LogP contribution in [0.15, 0.2) is 53.7 Å². The fourth-order valence-electron chi connectivity index (χ4n) is 2.05. The number of ether oxygens (including phenoxy) is 1. The first-order valence-corrected chi connectivity index (χ1v) is 8.46. The smallest absolute Gasteiger partial charge is 0.191 e. The van der Waals surface area contributed by atoms with Gasteiger partial charge in [0.25, 0.3) is 0 Å². The van der Waals surface area contributed by atoms with E-state index in [0.717, 1.165) is 30.2 Å². The predicted molar refractivity (Wildman–Crippen MR) is 98.9 cm³/mol. The SMILES string of the molecule is CCNC(=NCCc1ccc(Cl)nc1)NCCOc1ccccc1. The lowest BCUT2D eigenvalue weighted by molar-refractivity contribution is 0.322. The number of benzene rings is 1. The molecular formula is C18H23ClN4O. The first-order valence-electron chi connectivity index (χ1n) is 8.08. The Morgan fingerprint density at radius 1 is 1.17 bits per heavy atom. The quantitative estimate of drug-likeness (QED) is 0.334. The number of aromatic nitrogens is 1. The summed E-state index contributed by atoms with van der Waals surface area (Å²) < 4.78 is 5.65. The van der Waals surface area contributed by atoms with Crippen molar-refractivity contribution in [3.05, 3.63) is 59.4 Å². The van der Waals surface area contributed by atoms with E-state index in [2.05, 4.69) is 20.6 Å². The Hall–Kier alpha value is -2.27. The molecule has 0 radical (unpaired) electrons. The Morgan fingerprint density at radius 3 is 2.71 bits per heavy atom. The van der Waals surface area contributed by atoms with Crippen LogP contribution in [-0.2, 0) is 6.42 Å². The van der Waals surface area contributed by atoms with E-state index in [1.165, 1.54) is 0 Å². The van der Waals surface area contributed by atoms with E-state index in [-0.39, 0.29) is 0 Å². The fourth-order valence-corrected chi connectivity index (χ4v) is 2.16. The second-order valence-electron chi connectivity index (χ2n) is 5.09. The van der Waals surface area contributed by atoms with Crippen LogP contribution in [0.2, 0.25) is 5.15 Å². The fraction of sp³-hybridized carbons (Fsp3) is 0.333. The number of rotatable bonds is 8. The van der Waals surface area contributed by atoms with E-state index in [9.17, 15) is 0 Å². The summed E-state index contributed by atoms with van der Waals surface area (Å²) in [5.41, 5.74) is 1.12. The highest BCUT2D eigenvalue weighted by Gasteiger charge is 1.98. The van der Waals surface area contributed by atoms with Gasteiger partial charge in [0.1, 0.15) is 17.5 Å². The molecule has 0 unspecified atom stereocenters. The molecule has 2 rings (SSSR count). The van der Waals surface area contributed by atoms with Gasteiger partial charge in [-0.05, 0) is 37.1 Å². The molecule has 0 atom stereocenters. The molecule has 1 aromatic carbocycles. The Morgan fingerprint density at radius 2 is 2.00 bits per heavy atom. The average Bonchev–Trinajstić information content (AvgIpc) is 2.61. The van der Waals surface area contributed by atoms with Crippen molar-refractivity contribution in [1.82, 2.24) is 15.6 Å². The van der Waals surface area contributed by atoms with Crippen LogP contribution in [0.1, 0.15) is 12.5 Å². The second-order valence-corrected chi connectivity index (χ2v) is 5.48. The monoisotopic (exact) mass is 346 g/mol. The van der Waals surface area contributed by atoms with Crippen molar-refractivity contribution < 1.29 is 4.74 Å². The molecule has 2 N–H and O–H groups in total. The molecule has 0 saturated heterocycles. The Labute approximate surface area is 148 Å². The van der Waals surface area contributed by atoms with Crippen molar-refractivity contribution in [3.8, 4) is 5.75 Å². The van der Waals surface area contributed by atoms with Gasteiger partial charge < -0.3 is 15.4 Å². The average molecular weight is 347 g/mol. The molecular weight excluding hydrogens is 324 g/mol. The van der Waals surface area contributed by atoms with E-state index >= 15 is 0 Å². The second kappa shape index (κ2) is 10.5. The summed E-state index contributed by atoms with van der Waals surface area (Å²) in [5, 5.41) is 7.00. The predicted octanol–water partition coefficient (Wildman–Crippen LogP) is 2.91. The van der Waals surface area contributed by atoms with Crippen LogP contribution in [0.5, 0.6) is 5.75 Å². The van der Waals surface area contributed by atoms with Crippen molar-refractivity contribution >= 4 is 17.6 Å². The summed E-state index contributed by atoms with van der Waals surface area (Å²) in [6, 6.07) is 13.5. The lowest BCUT2D eigenvalue weighted by Gasteiger charge is -2.12. The summed E-state index contributed by atoms with van der Waals surface area (Å²) in [6.07, 6.45) is 2.60. The zero-order chi connectivity index (χ0) is 17.0. The molecule has 0 spiro atoms. The molecule has 2 aromatic rings. The molecule has 5 nitrogen and oxygen atoms in total. The van der Waals surface area contributed by atoms with Gasteiger partial charge in [-0.1, -0.05) is 35.9 Å². The van der Waals surface area contributed by atoms with Crippen LogP contribution in [-0.4, -0.2) is 37.2 Å². The third-order valence-corrected chi connectivity index (χ3v) is 3.43. The zero-order valence-electron chi connectivity index (χ0n) is 13.8. The largest absolute Gasteiger partial charge is 0.492 e. The van der Waals surface area contributed by atoms with Crippen LogP contribution in [0, 0.1) is 0 Å². The normalized spacial score (nSPS) is 11.2. The summed E-state index contributed by atoms with van der Waals surface area (Å²) in [5.74, 6) is 1.66. The number of nitrogens with one attached hydrogen (secondary N) is 2. The van der Waals surface area contributed by atoms with Crippen LogP contribution in [0.3, 0.4) is 0 Å². The lowest BCUT2D eigenvalue weighted by Crippen LogP contribution is -2.39. The summed E-state index contributed by atoms with van der Waals surface area (Å²) in [4.78, 5) is 8.63. The summed E-state index contributed by atoms with van der Waals surface area (Å²) in [7, 11) is 0. The molecule has 1 aromatic heterocycles. The number of pyridine rings is 1. The number of hydrogen-bond donors (Lipinski definition) is 2. The van der Waals surface area contributed by atoms with Gasteiger partial charge in [0.15, 0.2) is 5.96 Å². The van der Waals surface area contributed by atoms with E-state index in [1.807, 2.05) is 43.3 Å². The molecule has 0 amide bonds. The Balaban J connectivity index is 1.72. The van der Waals surface area contributed by atoms with Gasteiger partial charge in [0.05, 0.1) is 6.54 Å². The third kappa shape index (κ3) is 6.87. The van der Waals surface area contributed by atoms with E-state index in [4.69, 9.17) is 16.3 Å². The number of nitrogens with zero attached hydrogens (tertiary/aromatic N) is 2. The molecule has 6 heteroatoms. The number of hydrogen-bond acceptors (Lipinski definition) is 3. The van der Waals surface area contributed by atoms with E-state index < -0.39 is 0 Å². The highest BCUT2D eigenvalue weighted by molar-refractivity contribution is 6.29. The van der Waals surface area contributed by atoms with Crippen molar-refractivity contribution in [3.63, 3.8) is 0 Å². The molecule has 0 aliphatic heterocycles. The number of para-hydroxylation sites is 1. The van der Waals surface area contributed by atoms with Crippen molar-refractivity contribution in [2.24, 2.45) is 4.99 Å². The molecule has 0 fully saturated rings. The van der Waals surface area contributed by atoms with Gasteiger partial charge in [0.2, 0.25) is 0 Å². The number of aliphatic imine (C=N–C) groups is 1. The van der Waals surface area contributed by atoms with Crippen LogP contribution < -0.4 is 15.4 Å². The van der Waals surface area contributed by atoms with E-state index in [1.54, 1.807) is 12.3 Å². The van der Waals surface area contributed by atoms with Crippen LogP contribution in [0.25, 0.3) is 0 Å². The number of halogens is 1. The van der Waals surface area contributed by atoms with Crippen LogP contribution >= 0.6 is 11.6 Å². The topological polar surface area (TPSA) is 58.5 Å². The molecule has 0 aliphatic rings. The summed E-state index contributed by atoms with van der Waals surface area (Å²) >= 11 is 5.78. The molecule has 0 saturated carbocycles. The third-order valence-electron chi connectivity index (χ3n) is 3.21. The standard InChI is InChI=1S/C18H23ClN4O/c1-2-20-18(21-11-10-15-8-9-17(19)23-14-15)22-12-13-24-16-6-4-3-5-7-16/h3-9,14H,2,10-13H2,1H3,(H2,20,21,22). The first-order chi connectivity index (χ1) is 11.8. The molecule has 128 valence electrons. The maximum Gasteiger partial charge on any atom is 0.191 e. The molecule has 0 bridgehead atoms. The summed E-state index contributed by atoms with van der Waals surface area (Å²) in [6.45, 7) is 4.80. The highest BCUT2D eigenvalue weighted by atomic mass is 35.5. The van der Waals surface area contributed by atoms with Crippen molar-refractivity contribution in [2.45, 2.75) is 13.3 Å². The van der Waals surface area contributed by atoms with Gasteiger partial charge in [-0.25, -0.2) is 4.98 Å². The molecule has 24 heavy (non-hydrogen) atoms. The Bertz CT molecular complexity index is 617. The molecule has 1 heterocycles. The first kappa shape index (κ1) is 18.1. The lowest BCUT2D eigenvalue weighted by atomic mass is 10.2. The molecule has 0 aliphatic carbocycles. The van der Waals surface area contributed by atoms with Gasteiger partial charge in [-0.3, -0.25) is 4.99 Å². The minimum absolute atomic E-state index is 0.510.